The van der Waals surface area contributed by atoms with Crippen LogP contribution in [0.3, 0.4) is 0 Å². The summed E-state index contributed by atoms with van der Waals surface area (Å²) in [5, 5.41) is 11.0. The molecule has 0 radical (unpaired) electrons. The SMILES string of the molecule is CCCCN1C(=O)C(=O)/C(=C(\O)c2ccc(OC(C)C)cc2)C1c1ccc(C)o1. The molecule has 1 fully saturated rings. The van der Waals surface area contributed by atoms with Crippen LogP contribution in [0.2, 0.25) is 0 Å². The molecule has 0 saturated carbocycles. The molecule has 1 amide bonds. The first-order valence-corrected chi connectivity index (χ1v) is 9.95. The van der Waals surface area contributed by atoms with E-state index in [0.717, 1.165) is 12.8 Å². The average Bonchev–Trinajstić information content (AvgIpc) is 3.21. The van der Waals surface area contributed by atoms with Crippen LogP contribution >= 0.6 is 0 Å². The number of likely N-dealkylation sites (tertiary alicyclic amines) is 1. The van der Waals surface area contributed by atoms with Gasteiger partial charge in [0.25, 0.3) is 11.7 Å². The summed E-state index contributed by atoms with van der Waals surface area (Å²) in [5.74, 6) is 0.296. The number of benzene rings is 1. The monoisotopic (exact) mass is 397 g/mol. The Morgan fingerprint density at radius 2 is 1.86 bits per heavy atom. The van der Waals surface area contributed by atoms with Gasteiger partial charge in [0.2, 0.25) is 0 Å². The highest BCUT2D eigenvalue weighted by atomic mass is 16.5. The molecular weight excluding hydrogens is 370 g/mol. The Kier molecular flexibility index (Phi) is 6.11. The highest BCUT2D eigenvalue weighted by Gasteiger charge is 2.47. The molecule has 2 aromatic rings. The van der Waals surface area contributed by atoms with Crippen molar-refractivity contribution in [2.24, 2.45) is 0 Å². The third-order valence-corrected chi connectivity index (χ3v) is 4.82. The van der Waals surface area contributed by atoms with Gasteiger partial charge in [-0.1, -0.05) is 13.3 Å². The molecule has 1 N–H and O–H groups in total. The van der Waals surface area contributed by atoms with Crippen LogP contribution in [0.5, 0.6) is 5.75 Å². The first-order valence-electron chi connectivity index (χ1n) is 9.95. The normalized spacial score (nSPS) is 18.7. The molecule has 2 heterocycles. The van der Waals surface area contributed by atoms with Crippen molar-refractivity contribution >= 4 is 17.4 Å². The first-order chi connectivity index (χ1) is 13.8. The van der Waals surface area contributed by atoms with Gasteiger partial charge in [-0.3, -0.25) is 9.59 Å². The fourth-order valence-electron chi connectivity index (χ4n) is 3.45. The topological polar surface area (TPSA) is 80.0 Å². The fourth-order valence-corrected chi connectivity index (χ4v) is 3.45. The van der Waals surface area contributed by atoms with E-state index in [2.05, 4.69) is 0 Å². The lowest BCUT2D eigenvalue weighted by molar-refractivity contribution is -0.140. The van der Waals surface area contributed by atoms with E-state index in [4.69, 9.17) is 9.15 Å². The number of unbranched alkanes of at least 4 members (excludes halogenated alkanes) is 1. The molecule has 6 heteroatoms. The number of ether oxygens (including phenoxy) is 1. The lowest BCUT2D eigenvalue weighted by atomic mass is 9.99. The molecule has 154 valence electrons. The minimum atomic E-state index is -0.734. The van der Waals surface area contributed by atoms with E-state index in [-0.39, 0.29) is 17.4 Å². The number of carbonyl (C=O) groups excluding carboxylic acids is 2. The Morgan fingerprint density at radius 3 is 2.41 bits per heavy atom. The number of aliphatic hydroxyl groups is 1. The maximum absolute atomic E-state index is 12.8. The molecule has 0 bridgehead atoms. The summed E-state index contributed by atoms with van der Waals surface area (Å²) in [5.41, 5.74) is 0.501. The number of nitrogens with zero attached hydrogens (tertiary/aromatic N) is 1. The lowest BCUT2D eigenvalue weighted by Gasteiger charge is -2.23. The molecule has 1 aromatic carbocycles. The average molecular weight is 397 g/mol. The van der Waals surface area contributed by atoms with Crippen molar-refractivity contribution in [3.05, 3.63) is 59.1 Å². The molecule has 3 rings (SSSR count). The Balaban J connectivity index is 2.05. The quantitative estimate of drug-likeness (QED) is 0.420. The molecule has 1 aliphatic heterocycles. The van der Waals surface area contributed by atoms with Gasteiger partial charge in [-0.2, -0.15) is 0 Å². The van der Waals surface area contributed by atoms with Crippen molar-refractivity contribution in [1.29, 1.82) is 0 Å². The molecule has 1 unspecified atom stereocenters. The second kappa shape index (κ2) is 8.55. The van der Waals surface area contributed by atoms with Gasteiger partial charge < -0.3 is 19.2 Å². The van der Waals surface area contributed by atoms with Gasteiger partial charge >= 0.3 is 0 Å². The van der Waals surface area contributed by atoms with Crippen LogP contribution in [0.25, 0.3) is 5.76 Å². The van der Waals surface area contributed by atoms with Crippen molar-refractivity contribution in [3.8, 4) is 5.75 Å². The number of ketones is 1. The molecule has 0 aliphatic carbocycles. The fraction of sp³-hybridized carbons (Fsp3) is 0.391. The number of Topliss-reactive ketones (excluding diaryl/α,β-unsaturated/α-hetero) is 1. The van der Waals surface area contributed by atoms with Gasteiger partial charge in [-0.25, -0.2) is 0 Å². The third kappa shape index (κ3) is 4.21. The van der Waals surface area contributed by atoms with E-state index >= 15 is 0 Å². The zero-order valence-corrected chi connectivity index (χ0v) is 17.3. The zero-order chi connectivity index (χ0) is 21.1. The predicted molar refractivity (Wildman–Crippen MR) is 110 cm³/mol. The number of amides is 1. The number of carbonyl (C=O) groups is 2. The van der Waals surface area contributed by atoms with Crippen LogP contribution in [-0.2, 0) is 9.59 Å². The molecular formula is C23H27NO5. The van der Waals surface area contributed by atoms with E-state index < -0.39 is 17.7 Å². The highest BCUT2D eigenvalue weighted by molar-refractivity contribution is 6.46. The summed E-state index contributed by atoms with van der Waals surface area (Å²) in [6.07, 6.45) is 1.66. The van der Waals surface area contributed by atoms with Gasteiger partial charge in [-0.15, -0.1) is 0 Å². The van der Waals surface area contributed by atoms with Crippen molar-refractivity contribution in [2.45, 2.75) is 52.7 Å². The molecule has 1 aliphatic rings. The minimum Gasteiger partial charge on any atom is -0.507 e. The second-order valence-corrected chi connectivity index (χ2v) is 7.49. The largest absolute Gasteiger partial charge is 0.507 e. The summed E-state index contributed by atoms with van der Waals surface area (Å²) >= 11 is 0. The number of aryl methyl sites for hydroxylation is 1. The maximum atomic E-state index is 12.8. The minimum absolute atomic E-state index is 0.0283. The van der Waals surface area contributed by atoms with Crippen LogP contribution in [0.1, 0.15) is 56.7 Å². The highest BCUT2D eigenvalue weighted by Crippen LogP contribution is 2.40. The van der Waals surface area contributed by atoms with Crippen molar-refractivity contribution in [1.82, 2.24) is 4.90 Å². The molecule has 29 heavy (non-hydrogen) atoms. The Labute approximate surface area is 170 Å². The second-order valence-electron chi connectivity index (χ2n) is 7.49. The van der Waals surface area contributed by atoms with E-state index in [9.17, 15) is 14.7 Å². The summed E-state index contributed by atoms with van der Waals surface area (Å²) in [6.45, 7) is 8.09. The van der Waals surface area contributed by atoms with Crippen LogP contribution in [-0.4, -0.2) is 34.3 Å². The molecule has 6 nitrogen and oxygen atoms in total. The van der Waals surface area contributed by atoms with Crippen molar-refractivity contribution < 1.29 is 23.8 Å². The van der Waals surface area contributed by atoms with Gasteiger partial charge in [-0.05, 0) is 63.6 Å². The number of rotatable bonds is 7. The summed E-state index contributed by atoms with van der Waals surface area (Å²) in [7, 11) is 0. The predicted octanol–water partition coefficient (Wildman–Crippen LogP) is 4.60. The molecule has 0 spiro atoms. The number of furan rings is 1. The standard InChI is InChI=1S/C23H27NO5/c1-5-6-13-24-20(18-12-7-15(4)29-18)19(22(26)23(24)27)21(25)16-8-10-17(11-9-16)28-14(2)3/h7-12,14,20,25H,5-6,13H2,1-4H3/b21-19-. The Hall–Kier alpha value is -3.02. The summed E-state index contributed by atoms with van der Waals surface area (Å²) < 4.78 is 11.4. The Morgan fingerprint density at radius 1 is 1.17 bits per heavy atom. The van der Waals surface area contributed by atoms with E-state index in [1.807, 2.05) is 20.8 Å². The van der Waals surface area contributed by atoms with Gasteiger partial charge in [0.15, 0.2) is 0 Å². The molecule has 1 atom stereocenters. The van der Waals surface area contributed by atoms with Crippen LogP contribution < -0.4 is 4.74 Å². The summed E-state index contributed by atoms with van der Waals surface area (Å²) in [6, 6.07) is 9.61. The van der Waals surface area contributed by atoms with E-state index in [1.54, 1.807) is 43.3 Å². The number of hydrogen-bond acceptors (Lipinski definition) is 5. The van der Waals surface area contributed by atoms with E-state index in [1.165, 1.54) is 4.90 Å². The van der Waals surface area contributed by atoms with Gasteiger partial charge in [0.1, 0.15) is 29.1 Å². The summed E-state index contributed by atoms with van der Waals surface area (Å²) in [4.78, 5) is 27.0. The van der Waals surface area contributed by atoms with Gasteiger partial charge in [0.05, 0.1) is 11.7 Å². The zero-order valence-electron chi connectivity index (χ0n) is 17.3. The smallest absolute Gasteiger partial charge is 0.295 e. The third-order valence-electron chi connectivity index (χ3n) is 4.82. The Bertz CT molecular complexity index is 923. The van der Waals surface area contributed by atoms with Crippen LogP contribution in [0.15, 0.2) is 46.4 Å². The van der Waals surface area contributed by atoms with Crippen molar-refractivity contribution in [2.75, 3.05) is 6.54 Å². The van der Waals surface area contributed by atoms with Crippen LogP contribution in [0, 0.1) is 6.92 Å². The first kappa shape index (κ1) is 20.7. The lowest BCUT2D eigenvalue weighted by Crippen LogP contribution is -2.30. The molecule has 1 aromatic heterocycles. The van der Waals surface area contributed by atoms with E-state index in [0.29, 0.717) is 29.4 Å². The van der Waals surface area contributed by atoms with Crippen LogP contribution in [0.4, 0.5) is 0 Å². The van der Waals surface area contributed by atoms with Crippen molar-refractivity contribution in [3.63, 3.8) is 0 Å². The van der Waals surface area contributed by atoms with Gasteiger partial charge in [0, 0.05) is 12.1 Å². The maximum Gasteiger partial charge on any atom is 0.295 e. The number of hydrogen-bond donors (Lipinski definition) is 1. The molecule has 1 saturated heterocycles. The number of aliphatic hydroxyl groups excluding tert-OH is 1.